The molecule has 1 aromatic heterocycles. The summed E-state index contributed by atoms with van der Waals surface area (Å²) in [6.07, 6.45) is 8.68. The summed E-state index contributed by atoms with van der Waals surface area (Å²) < 4.78 is 5.95. The Morgan fingerprint density at radius 1 is 1.10 bits per heavy atom. The first-order chi connectivity index (χ1) is 15.0. The lowest BCUT2D eigenvalue weighted by Crippen LogP contribution is -2.55. The fourth-order valence-electron chi connectivity index (χ4n) is 7.33. The van der Waals surface area contributed by atoms with Crippen molar-refractivity contribution in [3.05, 3.63) is 29.7 Å². The maximum absolute atomic E-state index is 9.60. The van der Waals surface area contributed by atoms with Gasteiger partial charge in [-0.05, 0) is 74.3 Å². The lowest BCUT2D eigenvalue weighted by Gasteiger charge is -2.55. The van der Waals surface area contributed by atoms with Crippen LogP contribution in [0, 0.1) is 17.8 Å². The van der Waals surface area contributed by atoms with Crippen molar-refractivity contribution < 1.29 is 14.7 Å². The monoisotopic (exact) mass is 424 g/mol. The Morgan fingerprint density at radius 3 is 2.42 bits per heavy atom. The predicted octanol–water partition coefficient (Wildman–Crippen LogP) is 2.25. The van der Waals surface area contributed by atoms with Gasteiger partial charge in [0, 0.05) is 24.3 Å². The Hall–Kier alpha value is -1.96. The van der Waals surface area contributed by atoms with Gasteiger partial charge in [0.15, 0.2) is 0 Å². The Bertz CT molecular complexity index is 948. The molecule has 0 saturated heterocycles. The van der Waals surface area contributed by atoms with Crippen LogP contribution < -0.4 is 10.6 Å². The fraction of sp³-hybridized carbons (Fsp3) is 0.667. The van der Waals surface area contributed by atoms with E-state index in [2.05, 4.69) is 22.2 Å². The van der Waals surface area contributed by atoms with Gasteiger partial charge in [0.1, 0.15) is 0 Å². The van der Waals surface area contributed by atoms with Crippen LogP contribution in [0.1, 0.15) is 50.0 Å². The average molecular weight is 425 g/mol. The zero-order valence-corrected chi connectivity index (χ0v) is 18.0. The maximum Gasteiger partial charge on any atom is 0.233 e. The number of aliphatic hydroxyl groups is 2. The molecular formula is C24H32N4O3. The van der Waals surface area contributed by atoms with Crippen LogP contribution in [0.15, 0.2) is 22.7 Å². The molecule has 1 aromatic carbocycles. The molecule has 7 rings (SSSR count). The minimum absolute atomic E-state index is 0.103. The molecule has 0 radical (unpaired) electrons. The van der Waals surface area contributed by atoms with Crippen molar-refractivity contribution in [1.82, 2.24) is 10.1 Å². The number of nitrogens with zero attached hydrogens (tertiary/aromatic N) is 3. The molecule has 4 aliphatic carbocycles. The maximum atomic E-state index is 9.60. The summed E-state index contributed by atoms with van der Waals surface area (Å²) in [7, 11) is 0. The summed E-state index contributed by atoms with van der Waals surface area (Å²) in [6.45, 7) is 0.689. The minimum Gasteiger partial charge on any atom is -0.394 e. The predicted molar refractivity (Wildman–Crippen MR) is 117 cm³/mol. The summed E-state index contributed by atoms with van der Waals surface area (Å²) >= 11 is 0. The van der Waals surface area contributed by atoms with Gasteiger partial charge in [-0.3, -0.25) is 0 Å². The number of nitrogens with two attached hydrogens (primary N) is 1. The van der Waals surface area contributed by atoms with Gasteiger partial charge in [0.2, 0.25) is 11.7 Å². The van der Waals surface area contributed by atoms with Gasteiger partial charge in [0.25, 0.3) is 0 Å². The number of hydrogen-bond donors (Lipinski definition) is 3. The second kappa shape index (κ2) is 7.02. The van der Waals surface area contributed by atoms with Crippen LogP contribution in [0.4, 0.5) is 5.69 Å². The Balaban J connectivity index is 1.30. The van der Waals surface area contributed by atoms with Crippen LogP contribution in [0.25, 0.3) is 11.4 Å². The van der Waals surface area contributed by atoms with Crippen molar-refractivity contribution in [3.8, 4) is 11.4 Å². The van der Waals surface area contributed by atoms with E-state index in [1.165, 1.54) is 44.1 Å². The smallest absolute Gasteiger partial charge is 0.233 e. The van der Waals surface area contributed by atoms with Crippen molar-refractivity contribution in [1.29, 1.82) is 0 Å². The summed E-state index contributed by atoms with van der Waals surface area (Å²) in [4.78, 5) is 7.12. The van der Waals surface area contributed by atoms with Crippen LogP contribution in [0.2, 0.25) is 0 Å². The van der Waals surface area contributed by atoms with Crippen LogP contribution >= 0.6 is 0 Å². The molecule has 5 aliphatic rings. The number of benzene rings is 1. The van der Waals surface area contributed by atoms with Gasteiger partial charge in [-0.1, -0.05) is 17.3 Å². The number of fused-ring (bicyclic) bond motifs is 1. The summed E-state index contributed by atoms with van der Waals surface area (Å²) in [5.41, 5.74) is 8.53. The van der Waals surface area contributed by atoms with E-state index in [4.69, 9.17) is 15.2 Å². The molecule has 2 aromatic rings. The number of rotatable bonds is 6. The number of anilines is 1. The van der Waals surface area contributed by atoms with Crippen molar-refractivity contribution in [2.45, 2.75) is 55.9 Å². The van der Waals surface area contributed by atoms with Gasteiger partial charge in [0.05, 0.1) is 24.2 Å². The van der Waals surface area contributed by atoms with Crippen molar-refractivity contribution in [2.75, 3.05) is 31.2 Å². The van der Waals surface area contributed by atoms with E-state index in [-0.39, 0.29) is 18.6 Å². The van der Waals surface area contributed by atoms with E-state index in [9.17, 15) is 10.2 Å². The van der Waals surface area contributed by atoms with Gasteiger partial charge in [-0.25, -0.2) is 0 Å². The van der Waals surface area contributed by atoms with E-state index in [1.807, 2.05) is 6.07 Å². The molecule has 0 atom stereocenters. The van der Waals surface area contributed by atoms with Crippen molar-refractivity contribution in [3.63, 3.8) is 0 Å². The Labute approximate surface area is 182 Å². The standard InChI is InChI=1S/C24H32N4O3/c25-24(13-29,14-30)12-28-5-4-18-19(2-1-3-20(18)28)21-26-22(31-27-21)23-9-15-6-16(10-23)8-17(7-15)11-23/h1-3,15-17,29-30H,4-14,25H2. The van der Waals surface area contributed by atoms with E-state index in [1.54, 1.807) is 0 Å². The van der Waals surface area contributed by atoms with Crippen LogP contribution in [-0.2, 0) is 11.8 Å². The quantitative estimate of drug-likeness (QED) is 0.653. The molecule has 2 heterocycles. The lowest BCUT2D eigenvalue weighted by atomic mass is 9.49. The highest BCUT2D eigenvalue weighted by atomic mass is 16.5. The summed E-state index contributed by atoms with van der Waals surface area (Å²) in [5.74, 6) is 4.06. The minimum atomic E-state index is -1.02. The summed E-state index contributed by atoms with van der Waals surface area (Å²) in [6, 6.07) is 6.16. The molecule has 4 fully saturated rings. The first-order valence-corrected chi connectivity index (χ1v) is 11.7. The Kier molecular flexibility index (Phi) is 4.46. The first-order valence-electron chi connectivity index (χ1n) is 11.7. The van der Waals surface area contributed by atoms with Crippen molar-refractivity contribution in [2.24, 2.45) is 23.5 Å². The molecule has 4 bridgehead atoms. The normalized spacial score (nSPS) is 31.5. The van der Waals surface area contributed by atoms with Gasteiger partial charge in [-0.15, -0.1) is 0 Å². The second-order valence-electron chi connectivity index (χ2n) is 10.8. The molecule has 0 spiro atoms. The fourth-order valence-corrected chi connectivity index (χ4v) is 7.33. The van der Waals surface area contributed by atoms with Gasteiger partial charge < -0.3 is 25.4 Å². The molecule has 7 nitrogen and oxygen atoms in total. The highest BCUT2D eigenvalue weighted by Crippen LogP contribution is 2.60. The first kappa shape index (κ1) is 19.7. The average Bonchev–Trinajstić information content (AvgIpc) is 3.41. The Morgan fingerprint density at radius 2 is 1.77 bits per heavy atom. The van der Waals surface area contributed by atoms with E-state index in [0.717, 1.165) is 47.9 Å². The van der Waals surface area contributed by atoms with Gasteiger partial charge in [-0.2, -0.15) is 4.98 Å². The lowest BCUT2D eigenvalue weighted by molar-refractivity contribution is -0.0201. The largest absolute Gasteiger partial charge is 0.394 e. The summed E-state index contributed by atoms with van der Waals surface area (Å²) in [5, 5.41) is 23.6. The molecule has 0 unspecified atom stereocenters. The molecule has 1 aliphatic heterocycles. The van der Waals surface area contributed by atoms with E-state index < -0.39 is 5.54 Å². The van der Waals surface area contributed by atoms with Crippen LogP contribution in [0.3, 0.4) is 0 Å². The molecular weight excluding hydrogens is 392 g/mol. The highest BCUT2D eigenvalue weighted by Gasteiger charge is 2.54. The third-order valence-corrected chi connectivity index (χ3v) is 8.42. The van der Waals surface area contributed by atoms with Crippen LogP contribution in [0.5, 0.6) is 0 Å². The zero-order valence-electron chi connectivity index (χ0n) is 18.0. The number of aromatic nitrogens is 2. The molecule has 0 amide bonds. The molecule has 31 heavy (non-hydrogen) atoms. The third-order valence-electron chi connectivity index (χ3n) is 8.42. The van der Waals surface area contributed by atoms with Crippen molar-refractivity contribution >= 4 is 5.69 Å². The zero-order chi connectivity index (χ0) is 21.2. The topological polar surface area (TPSA) is 109 Å². The molecule has 4 N–H and O–H groups in total. The highest BCUT2D eigenvalue weighted by molar-refractivity contribution is 5.73. The second-order valence-corrected chi connectivity index (χ2v) is 10.8. The third kappa shape index (κ3) is 3.12. The molecule has 7 heteroatoms. The van der Waals surface area contributed by atoms with E-state index >= 15 is 0 Å². The van der Waals surface area contributed by atoms with E-state index in [0.29, 0.717) is 12.4 Å². The van der Waals surface area contributed by atoms with Gasteiger partial charge >= 0.3 is 0 Å². The molecule has 166 valence electrons. The molecule has 4 saturated carbocycles. The number of hydrogen-bond acceptors (Lipinski definition) is 7. The number of aliphatic hydroxyl groups excluding tert-OH is 2. The van der Waals surface area contributed by atoms with Crippen LogP contribution in [-0.4, -0.2) is 52.2 Å². The SMILES string of the molecule is NC(CO)(CO)CN1CCc2c(-c3noc(C45CC6CC(CC(C6)C4)C5)n3)cccc21.